The summed E-state index contributed by atoms with van der Waals surface area (Å²) in [7, 11) is -3.73. The van der Waals surface area contributed by atoms with Crippen molar-refractivity contribution in [3.63, 3.8) is 0 Å². The van der Waals surface area contributed by atoms with E-state index in [1.165, 1.54) is 19.9 Å². The van der Waals surface area contributed by atoms with Crippen LogP contribution in [0.2, 0.25) is 5.02 Å². The molecule has 30 heavy (non-hydrogen) atoms. The van der Waals surface area contributed by atoms with Gasteiger partial charge in [-0.25, -0.2) is 13.2 Å². The molecule has 0 saturated carbocycles. The van der Waals surface area contributed by atoms with Crippen molar-refractivity contribution in [2.24, 2.45) is 0 Å². The zero-order chi connectivity index (χ0) is 22.5. The quantitative estimate of drug-likeness (QED) is 0.694. The molecule has 0 saturated heterocycles. The predicted molar refractivity (Wildman–Crippen MR) is 114 cm³/mol. The molecule has 3 rings (SSSR count). The number of hydrogen-bond acceptors (Lipinski definition) is 6. The maximum Gasteiger partial charge on any atom is 0.344 e. The molecule has 1 N–H and O–H groups in total. The number of rotatable bonds is 4. The van der Waals surface area contributed by atoms with Gasteiger partial charge in [-0.15, -0.1) is 0 Å². The average molecular weight is 453 g/mol. The Labute approximate surface area is 181 Å². The molecule has 1 atom stereocenters. The summed E-state index contributed by atoms with van der Waals surface area (Å²) in [6.07, 6.45) is -1.12. The lowest BCUT2D eigenvalue weighted by Crippen LogP contribution is -2.32. The fourth-order valence-corrected chi connectivity index (χ4v) is 5.26. The maximum atomic E-state index is 12.9. The van der Waals surface area contributed by atoms with Crippen molar-refractivity contribution in [3.05, 3.63) is 47.0 Å². The number of benzene rings is 2. The van der Waals surface area contributed by atoms with Crippen molar-refractivity contribution in [2.75, 3.05) is 6.61 Å². The van der Waals surface area contributed by atoms with E-state index in [-0.39, 0.29) is 11.5 Å². The molecular formula is C22H25ClO6S. The van der Waals surface area contributed by atoms with Crippen LogP contribution in [-0.2, 0) is 19.4 Å². The second-order valence-electron chi connectivity index (χ2n) is 8.78. The highest BCUT2D eigenvalue weighted by Crippen LogP contribution is 2.48. The fraction of sp³-hybridized carbons (Fsp3) is 0.409. The van der Waals surface area contributed by atoms with Crippen LogP contribution in [0.15, 0.2) is 41.3 Å². The van der Waals surface area contributed by atoms with E-state index < -0.39 is 32.3 Å². The van der Waals surface area contributed by atoms with Gasteiger partial charge in [-0.05, 0) is 64.4 Å². The molecule has 1 aliphatic rings. The summed E-state index contributed by atoms with van der Waals surface area (Å²) in [6, 6.07) is 9.67. The van der Waals surface area contributed by atoms with E-state index in [1.807, 2.05) is 0 Å². The van der Waals surface area contributed by atoms with E-state index in [0.29, 0.717) is 27.5 Å². The van der Waals surface area contributed by atoms with Crippen molar-refractivity contribution in [1.82, 2.24) is 0 Å². The molecule has 0 aromatic heterocycles. The Hall–Kier alpha value is -2.09. The number of esters is 1. The minimum Gasteiger partial charge on any atom is -0.481 e. The molecule has 1 unspecified atom stereocenters. The summed E-state index contributed by atoms with van der Waals surface area (Å²) in [5, 5.41) is 10.9. The molecule has 0 bridgehead atoms. The molecule has 1 heterocycles. The summed E-state index contributed by atoms with van der Waals surface area (Å²) >= 11 is 6.15. The lowest BCUT2D eigenvalue weighted by Gasteiger charge is -2.20. The second-order valence-corrected chi connectivity index (χ2v) is 11.7. The Morgan fingerprint density at radius 2 is 1.83 bits per heavy atom. The van der Waals surface area contributed by atoms with Crippen LogP contribution in [0, 0.1) is 0 Å². The summed E-state index contributed by atoms with van der Waals surface area (Å²) in [5.41, 5.74) is 0.805. The molecule has 6 nitrogen and oxygen atoms in total. The molecule has 8 heteroatoms. The van der Waals surface area contributed by atoms with Crippen molar-refractivity contribution in [3.8, 4) is 16.9 Å². The van der Waals surface area contributed by atoms with Crippen LogP contribution in [0.4, 0.5) is 0 Å². The molecular weight excluding hydrogens is 428 g/mol. The highest BCUT2D eigenvalue weighted by atomic mass is 35.5. The number of aliphatic hydroxyl groups excluding tert-OH is 1. The van der Waals surface area contributed by atoms with E-state index in [4.69, 9.17) is 21.1 Å². The molecule has 0 spiro atoms. The number of fused-ring (bicyclic) bond motifs is 1. The van der Waals surface area contributed by atoms with Gasteiger partial charge in [0.25, 0.3) is 0 Å². The number of aliphatic hydroxyl groups is 1. The monoisotopic (exact) mass is 452 g/mol. The van der Waals surface area contributed by atoms with Crippen LogP contribution in [0.5, 0.6) is 5.75 Å². The van der Waals surface area contributed by atoms with Crippen LogP contribution in [0.3, 0.4) is 0 Å². The third kappa shape index (κ3) is 4.06. The summed E-state index contributed by atoms with van der Waals surface area (Å²) in [4.78, 5) is 12.1. The third-order valence-corrected chi connectivity index (χ3v) is 7.74. The predicted octanol–water partition coefficient (Wildman–Crippen LogP) is 4.33. The number of hydrogen-bond donors (Lipinski definition) is 1. The van der Waals surface area contributed by atoms with Crippen LogP contribution >= 0.6 is 11.6 Å². The molecule has 1 aliphatic heterocycles. The van der Waals surface area contributed by atoms with Crippen molar-refractivity contribution in [2.45, 2.75) is 56.0 Å². The first kappa shape index (κ1) is 22.6. The third-order valence-electron chi connectivity index (χ3n) is 4.97. The molecule has 0 amide bonds. The standard InChI is InChI=1S/C22H25ClO6S/c1-21(2,3)29-19(24)12-28-17-9-7-14(23)11-16(17)13-6-8-15-18(10-13)30(26,27)22(4,5)20(15)25/h6-11,20,25H,12H2,1-5H3. The van der Waals surface area contributed by atoms with Gasteiger partial charge in [0.15, 0.2) is 16.4 Å². The van der Waals surface area contributed by atoms with Gasteiger partial charge in [0.05, 0.1) is 11.0 Å². The van der Waals surface area contributed by atoms with Gasteiger partial charge in [-0.1, -0.05) is 23.7 Å². The van der Waals surface area contributed by atoms with E-state index in [2.05, 4.69) is 0 Å². The van der Waals surface area contributed by atoms with E-state index in [9.17, 15) is 18.3 Å². The van der Waals surface area contributed by atoms with Crippen LogP contribution in [-0.4, -0.2) is 36.4 Å². The Morgan fingerprint density at radius 3 is 2.47 bits per heavy atom. The summed E-state index contributed by atoms with van der Waals surface area (Å²) in [5.74, 6) is -0.162. The normalized spacial score (nSPS) is 19.2. The first-order valence-corrected chi connectivity index (χ1v) is 11.3. The Balaban J connectivity index is 1.98. The Morgan fingerprint density at radius 1 is 1.17 bits per heavy atom. The van der Waals surface area contributed by atoms with E-state index in [1.54, 1.807) is 51.1 Å². The number of halogens is 1. The van der Waals surface area contributed by atoms with Gasteiger partial charge in [0.2, 0.25) is 0 Å². The zero-order valence-corrected chi connectivity index (χ0v) is 19.1. The molecule has 0 radical (unpaired) electrons. The molecule has 162 valence electrons. The first-order chi connectivity index (χ1) is 13.7. The van der Waals surface area contributed by atoms with Crippen molar-refractivity contribution >= 4 is 27.4 Å². The molecule has 0 aliphatic carbocycles. The topological polar surface area (TPSA) is 89.9 Å². The van der Waals surface area contributed by atoms with Gasteiger partial charge >= 0.3 is 5.97 Å². The lowest BCUT2D eigenvalue weighted by molar-refractivity contribution is -0.157. The average Bonchev–Trinajstić information content (AvgIpc) is 2.76. The highest BCUT2D eigenvalue weighted by Gasteiger charge is 2.51. The van der Waals surface area contributed by atoms with Gasteiger partial charge < -0.3 is 14.6 Å². The Kier molecular flexibility index (Phi) is 5.69. The van der Waals surface area contributed by atoms with Crippen molar-refractivity contribution < 1.29 is 27.8 Å². The highest BCUT2D eigenvalue weighted by molar-refractivity contribution is 7.93. The second kappa shape index (κ2) is 7.55. The minimum absolute atomic E-state index is 0.0792. The van der Waals surface area contributed by atoms with Gasteiger partial charge in [0.1, 0.15) is 16.1 Å². The largest absolute Gasteiger partial charge is 0.481 e. The minimum atomic E-state index is -3.73. The maximum absolute atomic E-state index is 12.9. The molecule has 2 aromatic carbocycles. The van der Waals surface area contributed by atoms with Crippen molar-refractivity contribution in [1.29, 1.82) is 0 Å². The number of ether oxygens (including phenoxy) is 2. The van der Waals surface area contributed by atoms with Crippen LogP contribution in [0.25, 0.3) is 11.1 Å². The van der Waals surface area contributed by atoms with Crippen LogP contribution < -0.4 is 4.74 Å². The van der Waals surface area contributed by atoms with Crippen LogP contribution in [0.1, 0.15) is 46.3 Å². The van der Waals surface area contributed by atoms with E-state index >= 15 is 0 Å². The molecule has 2 aromatic rings. The zero-order valence-electron chi connectivity index (χ0n) is 17.5. The number of carbonyl (C=O) groups is 1. The summed E-state index contributed by atoms with van der Waals surface area (Å²) in [6.45, 7) is 7.99. The summed E-state index contributed by atoms with van der Waals surface area (Å²) < 4.78 is 35.4. The van der Waals surface area contributed by atoms with Gasteiger partial charge in [0, 0.05) is 16.1 Å². The van der Waals surface area contributed by atoms with Gasteiger partial charge in [-0.2, -0.15) is 0 Å². The lowest BCUT2D eigenvalue weighted by atomic mass is 9.96. The first-order valence-electron chi connectivity index (χ1n) is 9.45. The molecule has 0 fully saturated rings. The number of carbonyl (C=O) groups excluding carboxylic acids is 1. The number of sulfone groups is 1. The van der Waals surface area contributed by atoms with E-state index in [0.717, 1.165) is 0 Å². The fourth-order valence-electron chi connectivity index (χ4n) is 3.33. The van der Waals surface area contributed by atoms with Gasteiger partial charge in [-0.3, -0.25) is 0 Å². The Bertz CT molecular complexity index is 1100. The smallest absolute Gasteiger partial charge is 0.344 e. The SMILES string of the molecule is CC(C)(C)OC(=O)COc1ccc(Cl)cc1-c1ccc2c(c1)S(=O)(=O)C(C)(C)C2O.